The second-order valence-electron chi connectivity index (χ2n) is 4.96. The van der Waals surface area contributed by atoms with Crippen LogP contribution in [0, 0.1) is 0 Å². The minimum Gasteiger partial charge on any atom is -0.379 e. The van der Waals surface area contributed by atoms with E-state index in [1.165, 1.54) is 5.56 Å². The van der Waals surface area contributed by atoms with Crippen molar-refractivity contribution in [2.45, 2.75) is 36.6 Å². The van der Waals surface area contributed by atoms with E-state index in [2.05, 4.69) is 6.07 Å². The lowest BCUT2D eigenvalue weighted by Crippen LogP contribution is -2.64. The third kappa shape index (κ3) is 1.12. The predicted molar refractivity (Wildman–Crippen MR) is 63.7 cm³/mol. The molecule has 0 aromatic heterocycles. The lowest BCUT2D eigenvalue weighted by atomic mass is 9.55. The first kappa shape index (κ1) is 11.2. The van der Waals surface area contributed by atoms with Crippen molar-refractivity contribution in [3.8, 4) is 0 Å². The van der Waals surface area contributed by atoms with Gasteiger partial charge in [0.15, 0.2) is 5.60 Å². The fourth-order valence-electron chi connectivity index (χ4n) is 3.65. The summed E-state index contributed by atoms with van der Waals surface area (Å²) in [6.45, 7) is 0. The Bertz CT molecular complexity index is 439. The van der Waals surface area contributed by atoms with Crippen molar-refractivity contribution in [3.63, 3.8) is 0 Å². The molecule has 17 heavy (non-hydrogen) atoms. The van der Waals surface area contributed by atoms with Gasteiger partial charge in [-0.15, -0.1) is 0 Å². The summed E-state index contributed by atoms with van der Waals surface area (Å²) in [5, 5.41) is 11.0. The minimum atomic E-state index is -0.981. The SMILES string of the molecule is COC1(OC)CCC[C@@H]2c3ccccc3[C@@]21O. The van der Waals surface area contributed by atoms with E-state index in [1.54, 1.807) is 14.2 Å². The summed E-state index contributed by atoms with van der Waals surface area (Å²) in [6, 6.07) is 8.05. The van der Waals surface area contributed by atoms with E-state index < -0.39 is 11.4 Å². The van der Waals surface area contributed by atoms with E-state index in [-0.39, 0.29) is 5.92 Å². The topological polar surface area (TPSA) is 38.7 Å². The number of hydrogen-bond acceptors (Lipinski definition) is 3. The van der Waals surface area contributed by atoms with Gasteiger partial charge in [-0.2, -0.15) is 0 Å². The van der Waals surface area contributed by atoms with Crippen LogP contribution in [0.1, 0.15) is 36.3 Å². The van der Waals surface area contributed by atoms with Gasteiger partial charge >= 0.3 is 0 Å². The number of benzene rings is 1. The van der Waals surface area contributed by atoms with Gasteiger partial charge in [0.1, 0.15) is 0 Å². The van der Waals surface area contributed by atoms with Crippen LogP contribution in [0.3, 0.4) is 0 Å². The van der Waals surface area contributed by atoms with Crippen molar-refractivity contribution in [2.75, 3.05) is 14.2 Å². The van der Waals surface area contributed by atoms with Crippen LogP contribution in [0.15, 0.2) is 24.3 Å². The van der Waals surface area contributed by atoms with Crippen molar-refractivity contribution >= 4 is 0 Å². The number of ether oxygens (including phenoxy) is 2. The van der Waals surface area contributed by atoms with Gasteiger partial charge in [-0.3, -0.25) is 0 Å². The van der Waals surface area contributed by atoms with Crippen LogP contribution in [0.2, 0.25) is 0 Å². The van der Waals surface area contributed by atoms with Gasteiger partial charge in [0, 0.05) is 26.6 Å². The van der Waals surface area contributed by atoms with Gasteiger partial charge < -0.3 is 14.6 Å². The maximum absolute atomic E-state index is 11.0. The number of rotatable bonds is 2. The molecule has 0 aliphatic heterocycles. The van der Waals surface area contributed by atoms with Crippen LogP contribution in [0.25, 0.3) is 0 Å². The van der Waals surface area contributed by atoms with E-state index >= 15 is 0 Å². The fraction of sp³-hybridized carbons (Fsp3) is 0.571. The Morgan fingerprint density at radius 2 is 1.94 bits per heavy atom. The van der Waals surface area contributed by atoms with E-state index in [1.807, 2.05) is 18.2 Å². The molecule has 2 aliphatic carbocycles. The van der Waals surface area contributed by atoms with Crippen LogP contribution in [0.5, 0.6) is 0 Å². The third-order valence-electron chi connectivity index (χ3n) is 4.49. The average Bonchev–Trinajstić information content (AvgIpc) is 2.38. The van der Waals surface area contributed by atoms with Gasteiger partial charge in [-0.05, 0) is 24.0 Å². The summed E-state index contributed by atoms with van der Waals surface area (Å²) >= 11 is 0. The number of aliphatic hydroxyl groups is 1. The highest BCUT2D eigenvalue weighted by Crippen LogP contribution is 2.62. The summed E-state index contributed by atoms with van der Waals surface area (Å²) in [5.74, 6) is -0.739. The molecule has 3 nitrogen and oxygen atoms in total. The predicted octanol–water partition coefficient (Wildman–Crippen LogP) is 2.14. The first-order valence-corrected chi connectivity index (χ1v) is 6.11. The molecule has 0 unspecified atom stereocenters. The molecule has 3 heteroatoms. The molecule has 92 valence electrons. The van der Waals surface area contributed by atoms with Gasteiger partial charge in [0.2, 0.25) is 5.79 Å². The minimum absolute atomic E-state index is 0.146. The Morgan fingerprint density at radius 1 is 1.24 bits per heavy atom. The molecule has 2 aliphatic rings. The fourth-order valence-corrected chi connectivity index (χ4v) is 3.65. The molecule has 0 heterocycles. The normalized spacial score (nSPS) is 33.5. The van der Waals surface area contributed by atoms with E-state index in [0.29, 0.717) is 0 Å². The smallest absolute Gasteiger partial charge is 0.201 e. The second-order valence-corrected chi connectivity index (χ2v) is 4.96. The molecule has 2 atom stereocenters. The maximum Gasteiger partial charge on any atom is 0.201 e. The largest absolute Gasteiger partial charge is 0.379 e. The summed E-state index contributed by atoms with van der Waals surface area (Å²) in [7, 11) is 3.23. The molecule has 1 fully saturated rings. The standard InChI is InChI=1S/C14H18O3/c1-16-13(17-2)9-5-8-12-10-6-3-4-7-11(10)14(12,13)15/h3-4,6-7,12,15H,5,8-9H2,1-2H3/t12-,14-/m1/s1. The van der Waals surface area contributed by atoms with E-state index in [0.717, 1.165) is 24.8 Å². The number of methoxy groups -OCH3 is 2. The van der Waals surface area contributed by atoms with Crippen molar-refractivity contribution in [3.05, 3.63) is 35.4 Å². The monoisotopic (exact) mass is 234 g/mol. The van der Waals surface area contributed by atoms with Gasteiger partial charge in [-0.1, -0.05) is 24.3 Å². The van der Waals surface area contributed by atoms with Crippen molar-refractivity contribution in [1.82, 2.24) is 0 Å². The van der Waals surface area contributed by atoms with Crippen molar-refractivity contribution < 1.29 is 14.6 Å². The average molecular weight is 234 g/mol. The molecule has 0 saturated heterocycles. The van der Waals surface area contributed by atoms with Crippen LogP contribution < -0.4 is 0 Å². The highest BCUT2D eigenvalue weighted by Gasteiger charge is 2.66. The van der Waals surface area contributed by atoms with E-state index in [9.17, 15) is 5.11 Å². The zero-order valence-corrected chi connectivity index (χ0v) is 10.3. The maximum atomic E-state index is 11.0. The van der Waals surface area contributed by atoms with Gasteiger partial charge in [0.25, 0.3) is 0 Å². The molecule has 3 rings (SSSR count). The van der Waals surface area contributed by atoms with Crippen molar-refractivity contribution in [2.24, 2.45) is 0 Å². The molecule has 1 N–H and O–H groups in total. The zero-order valence-electron chi connectivity index (χ0n) is 10.3. The molecule has 0 spiro atoms. The Hall–Kier alpha value is -0.900. The number of fused-ring (bicyclic) bond motifs is 4. The Labute approximate surface area is 101 Å². The molecule has 1 aromatic carbocycles. The molecule has 0 bridgehead atoms. The quantitative estimate of drug-likeness (QED) is 0.797. The first-order valence-electron chi connectivity index (χ1n) is 6.11. The van der Waals surface area contributed by atoms with Crippen LogP contribution in [-0.2, 0) is 15.1 Å². The first-order chi connectivity index (χ1) is 8.19. The summed E-state index contributed by atoms with van der Waals surface area (Å²) in [4.78, 5) is 0. The summed E-state index contributed by atoms with van der Waals surface area (Å²) in [5.41, 5.74) is 1.23. The molecular formula is C14H18O3. The lowest BCUT2D eigenvalue weighted by molar-refractivity contribution is -0.337. The Balaban J connectivity index is 2.14. The van der Waals surface area contributed by atoms with Crippen LogP contribution in [-0.4, -0.2) is 25.1 Å². The van der Waals surface area contributed by atoms with Crippen molar-refractivity contribution in [1.29, 1.82) is 0 Å². The van der Waals surface area contributed by atoms with Gasteiger partial charge in [0.05, 0.1) is 0 Å². The second kappa shape index (κ2) is 3.55. The highest BCUT2D eigenvalue weighted by molar-refractivity contribution is 5.50. The Kier molecular flexibility index (Phi) is 2.34. The molecule has 1 aromatic rings. The van der Waals surface area contributed by atoms with Crippen LogP contribution in [0.4, 0.5) is 0 Å². The zero-order chi connectivity index (χ0) is 12.1. The summed E-state index contributed by atoms with van der Waals surface area (Å²) < 4.78 is 11.1. The molecular weight excluding hydrogens is 216 g/mol. The molecule has 0 radical (unpaired) electrons. The number of hydrogen-bond donors (Lipinski definition) is 1. The highest BCUT2D eigenvalue weighted by atomic mass is 16.7. The lowest BCUT2D eigenvalue weighted by Gasteiger charge is -2.59. The molecule has 1 saturated carbocycles. The van der Waals surface area contributed by atoms with E-state index in [4.69, 9.17) is 9.47 Å². The van der Waals surface area contributed by atoms with Crippen LogP contribution >= 0.6 is 0 Å². The molecule has 0 amide bonds. The van der Waals surface area contributed by atoms with Gasteiger partial charge in [-0.25, -0.2) is 0 Å². The summed E-state index contributed by atoms with van der Waals surface area (Å²) in [6.07, 6.45) is 2.76. The Morgan fingerprint density at radius 3 is 2.65 bits per heavy atom. The third-order valence-corrected chi connectivity index (χ3v) is 4.49.